The van der Waals surface area contributed by atoms with Gasteiger partial charge < -0.3 is 10.1 Å². The Morgan fingerprint density at radius 3 is 2.48 bits per heavy atom. The summed E-state index contributed by atoms with van der Waals surface area (Å²) in [6.07, 6.45) is 1.77. The number of hydrogen-bond acceptors (Lipinski definition) is 4. The van der Waals surface area contributed by atoms with Crippen molar-refractivity contribution in [2.45, 2.75) is 19.4 Å². The van der Waals surface area contributed by atoms with Crippen LogP contribution in [-0.2, 0) is 19.6 Å². The number of nitrogens with zero attached hydrogens (tertiary/aromatic N) is 1. The number of anilines is 1. The first-order chi connectivity index (χ1) is 9.88. The Hall–Kier alpha value is -1.60. The number of benzene rings is 1. The molecule has 0 bridgehead atoms. The Bertz CT molecular complexity index is 545. The second-order valence-corrected chi connectivity index (χ2v) is 6.57. The molecule has 118 valence electrons. The van der Waals surface area contributed by atoms with E-state index >= 15 is 0 Å². The molecule has 0 spiro atoms. The van der Waals surface area contributed by atoms with Gasteiger partial charge in [-0.1, -0.05) is 18.2 Å². The number of nitrogens with one attached hydrogen (secondary N) is 1. The molecule has 0 aliphatic carbocycles. The number of rotatable bonds is 8. The number of amides is 1. The molecule has 1 N–H and O–H groups in total. The summed E-state index contributed by atoms with van der Waals surface area (Å²) in [6, 6.07) is 7.77. The monoisotopic (exact) mass is 314 g/mol. The van der Waals surface area contributed by atoms with E-state index in [-0.39, 0.29) is 5.91 Å². The molecule has 7 heteroatoms. The van der Waals surface area contributed by atoms with Crippen LogP contribution in [-0.4, -0.2) is 46.9 Å². The van der Waals surface area contributed by atoms with Gasteiger partial charge in [0.15, 0.2) is 0 Å². The van der Waals surface area contributed by atoms with Crippen LogP contribution in [0.2, 0.25) is 0 Å². The molecule has 0 aromatic heterocycles. The lowest BCUT2D eigenvalue weighted by Crippen LogP contribution is -2.48. The average molecular weight is 314 g/mol. The van der Waals surface area contributed by atoms with E-state index in [0.717, 1.165) is 10.6 Å². The molecule has 0 saturated heterocycles. The van der Waals surface area contributed by atoms with Crippen LogP contribution in [0.4, 0.5) is 5.69 Å². The Morgan fingerprint density at radius 2 is 1.95 bits per heavy atom. The van der Waals surface area contributed by atoms with Crippen LogP contribution in [0.5, 0.6) is 0 Å². The molecule has 0 fully saturated rings. The van der Waals surface area contributed by atoms with Crippen molar-refractivity contribution in [3.8, 4) is 0 Å². The van der Waals surface area contributed by atoms with Crippen LogP contribution in [0.3, 0.4) is 0 Å². The molecule has 0 saturated carbocycles. The second-order valence-electron chi connectivity index (χ2n) is 4.71. The van der Waals surface area contributed by atoms with E-state index in [0.29, 0.717) is 25.3 Å². The van der Waals surface area contributed by atoms with Crippen molar-refractivity contribution in [3.05, 3.63) is 30.3 Å². The van der Waals surface area contributed by atoms with Crippen LogP contribution in [0.1, 0.15) is 13.3 Å². The number of sulfonamides is 1. The van der Waals surface area contributed by atoms with Crippen molar-refractivity contribution in [1.29, 1.82) is 0 Å². The minimum Gasteiger partial charge on any atom is -0.385 e. The van der Waals surface area contributed by atoms with Crippen molar-refractivity contribution in [3.63, 3.8) is 0 Å². The summed E-state index contributed by atoms with van der Waals surface area (Å²) in [6.45, 7) is 2.56. The summed E-state index contributed by atoms with van der Waals surface area (Å²) in [5.41, 5.74) is 0.472. The zero-order valence-corrected chi connectivity index (χ0v) is 13.4. The summed E-state index contributed by atoms with van der Waals surface area (Å²) < 4.78 is 30.0. The number of carbonyl (C=O) groups excluding carboxylic acids is 1. The summed E-state index contributed by atoms with van der Waals surface area (Å²) >= 11 is 0. The van der Waals surface area contributed by atoms with Crippen molar-refractivity contribution in [2.24, 2.45) is 0 Å². The third-order valence-corrected chi connectivity index (χ3v) is 4.17. The highest BCUT2D eigenvalue weighted by atomic mass is 32.2. The molecule has 1 atom stereocenters. The van der Waals surface area contributed by atoms with Gasteiger partial charge in [-0.2, -0.15) is 0 Å². The van der Waals surface area contributed by atoms with Crippen LogP contribution in [0, 0.1) is 0 Å². The number of carbonyl (C=O) groups is 1. The Balaban J connectivity index is 2.83. The summed E-state index contributed by atoms with van der Waals surface area (Å²) in [7, 11) is -1.96. The fourth-order valence-corrected chi connectivity index (χ4v) is 3.13. The van der Waals surface area contributed by atoms with Crippen molar-refractivity contribution in [1.82, 2.24) is 5.32 Å². The van der Waals surface area contributed by atoms with Crippen molar-refractivity contribution < 1.29 is 17.9 Å². The van der Waals surface area contributed by atoms with E-state index in [1.165, 1.54) is 0 Å². The molecule has 0 unspecified atom stereocenters. The maximum absolute atomic E-state index is 12.1. The normalized spacial score (nSPS) is 12.7. The number of hydrogen-bond donors (Lipinski definition) is 1. The maximum Gasteiger partial charge on any atom is 0.243 e. The van der Waals surface area contributed by atoms with Crippen molar-refractivity contribution in [2.75, 3.05) is 30.8 Å². The molecule has 6 nitrogen and oxygen atoms in total. The second kappa shape index (κ2) is 7.99. The van der Waals surface area contributed by atoms with Crippen LogP contribution in [0.25, 0.3) is 0 Å². The van der Waals surface area contributed by atoms with Gasteiger partial charge in [-0.15, -0.1) is 0 Å². The smallest absolute Gasteiger partial charge is 0.243 e. The Labute approximate surface area is 126 Å². The third kappa shape index (κ3) is 5.35. The first-order valence-corrected chi connectivity index (χ1v) is 8.54. The summed E-state index contributed by atoms with van der Waals surface area (Å²) in [5, 5.41) is 2.71. The van der Waals surface area contributed by atoms with E-state index in [4.69, 9.17) is 4.74 Å². The molecule has 0 aliphatic rings. The quantitative estimate of drug-likeness (QED) is 0.726. The lowest BCUT2D eigenvalue weighted by molar-refractivity contribution is -0.121. The first kappa shape index (κ1) is 17.5. The van der Waals surface area contributed by atoms with Gasteiger partial charge in [-0.25, -0.2) is 8.42 Å². The Morgan fingerprint density at radius 1 is 1.33 bits per heavy atom. The minimum absolute atomic E-state index is 0.333. The Kier molecular flexibility index (Phi) is 6.64. The standard InChI is InChI=1S/C14H22N2O4S/c1-12(14(17)15-10-7-11-20-2)16(21(3,18)19)13-8-5-4-6-9-13/h4-6,8-9,12H,7,10-11H2,1-3H3,(H,15,17)/t12-/m0/s1. The molecule has 1 rings (SSSR count). The molecule has 0 heterocycles. The van der Waals surface area contributed by atoms with Gasteiger partial charge in [0.25, 0.3) is 0 Å². The molecule has 21 heavy (non-hydrogen) atoms. The van der Waals surface area contributed by atoms with E-state index in [1.54, 1.807) is 44.4 Å². The summed E-state index contributed by atoms with van der Waals surface area (Å²) in [4.78, 5) is 12.1. The first-order valence-electron chi connectivity index (χ1n) is 6.69. The molecule has 1 aromatic rings. The highest BCUT2D eigenvalue weighted by Gasteiger charge is 2.28. The molecular weight excluding hydrogens is 292 g/mol. The fraction of sp³-hybridized carbons (Fsp3) is 0.500. The van der Waals surface area contributed by atoms with Gasteiger partial charge in [0.05, 0.1) is 11.9 Å². The predicted molar refractivity (Wildman–Crippen MR) is 82.7 cm³/mol. The van der Waals surface area contributed by atoms with E-state index < -0.39 is 16.1 Å². The third-order valence-electron chi connectivity index (χ3n) is 2.92. The van der Waals surface area contributed by atoms with Gasteiger partial charge in [0, 0.05) is 20.3 Å². The van der Waals surface area contributed by atoms with E-state index in [1.807, 2.05) is 0 Å². The van der Waals surface area contributed by atoms with E-state index in [2.05, 4.69) is 5.32 Å². The predicted octanol–water partition coefficient (Wildman–Crippen LogP) is 0.994. The lowest BCUT2D eigenvalue weighted by atomic mass is 10.2. The van der Waals surface area contributed by atoms with Gasteiger partial charge in [0.1, 0.15) is 6.04 Å². The van der Waals surface area contributed by atoms with E-state index in [9.17, 15) is 13.2 Å². The lowest BCUT2D eigenvalue weighted by Gasteiger charge is -2.28. The van der Waals surface area contributed by atoms with Gasteiger partial charge >= 0.3 is 0 Å². The molecular formula is C14H22N2O4S. The van der Waals surface area contributed by atoms with Gasteiger partial charge in [-0.3, -0.25) is 9.10 Å². The highest BCUT2D eigenvalue weighted by Crippen LogP contribution is 2.20. The largest absolute Gasteiger partial charge is 0.385 e. The van der Waals surface area contributed by atoms with Crippen LogP contribution >= 0.6 is 0 Å². The number of para-hydroxylation sites is 1. The number of ether oxygens (including phenoxy) is 1. The minimum atomic E-state index is -3.55. The molecule has 0 aliphatic heterocycles. The van der Waals surface area contributed by atoms with Gasteiger partial charge in [0.2, 0.25) is 15.9 Å². The molecule has 0 radical (unpaired) electrons. The molecule has 1 aromatic carbocycles. The summed E-state index contributed by atoms with van der Waals surface area (Å²) in [5.74, 6) is -0.333. The number of methoxy groups -OCH3 is 1. The molecule has 1 amide bonds. The maximum atomic E-state index is 12.1. The van der Waals surface area contributed by atoms with Crippen molar-refractivity contribution >= 4 is 21.6 Å². The topological polar surface area (TPSA) is 75.7 Å². The van der Waals surface area contributed by atoms with Gasteiger partial charge in [-0.05, 0) is 25.5 Å². The zero-order valence-electron chi connectivity index (χ0n) is 12.6. The van der Waals surface area contributed by atoms with Crippen LogP contribution < -0.4 is 9.62 Å². The fourth-order valence-electron chi connectivity index (χ4n) is 1.96. The average Bonchev–Trinajstić information content (AvgIpc) is 2.43. The van der Waals surface area contributed by atoms with Crippen LogP contribution in [0.15, 0.2) is 30.3 Å². The SMILES string of the molecule is COCCCNC(=O)[C@H](C)N(c1ccccc1)S(C)(=O)=O. The zero-order chi connectivity index (χ0) is 15.9. The highest BCUT2D eigenvalue weighted by molar-refractivity contribution is 7.92.